The highest BCUT2D eigenvalue weighted by molar-refractivity contribution is 9.10. The molecule has 17 heavy (non-hydrogen) atoms. The van der Waals surface area contributed by atoms with Gasteiger partial charge in [0.05, 0.1) is 5.69 Å². The van der Waals surface area contributed by atoms with E-state index >= 15 is 0 Å². The van der Waals surface area contributed by atoms with Crippen LogP contribution in [0.4, 0.5) is 0 Å². The molecule has 2 rings (SSSR count). The maximum atomic E-state index is 4.41. The van der Waals surface area contributed by atoms with E-state index in [4.69, 9.17) is 0 Å². The van der Waals surface area contributed by atoms with Crippen molar-refractivity contribution >= 4 is 15.9 Å². The Morgan fingerprint density at radius 1 is 1.18 bits per heavy atom. The standard InChI is InChI=1S/C14H15BrN2/c1-9(2)11-5-4-10(3)12(8-11)13-6-7-16-14(15)17-13/h4-9H,1-3H3. The van der Waals surface area contributed by atoms with Crippen molar-refractivity contribution in [2.24, 2.45) is 0 Å². The van der Waals surface area contributed by atoms with Gasteiger partial charge in [0, 0.05) is 11.8 Å². The maximum Gasteiger partial charge on any atom is 0.197 e. The van der Waals surface area contributed by atoms with Gasteiger partial charge >= 0.3 is 0 Å². The van der Waals surface area contributed by atoms with Crippen molar-refractivity contribution < 1.29 is 0 Å². The van der Waals surface area contributed by atoms with Gasteiger partial charge in [0.1, 0.15) is 0 Å². The van der Waals surface area contributed by atoms with E-state index in [1.165, 1.54) is 16.7 Å². The predicted molar refractivity (Wildman–Crippen MR) is 74.0 cm³/mol. The third kappa shape index (κ3) is 2.72. The van der Waals surface area contributed by atoms with Gasteiger partial charge in [-0.2, -0.15) is 0 Å². The summed E-state index contributed by atoms with van der Waals surface area (Å²) >= 11 is 3.31. The van der Waals surface area contributed by atoms with Crippen LogP contribution in [-0.2, 0) is 0 Å². The Balaban J connectivity index is 2.54. The summed E-state index contributed by atoms with van der Waals surface area (Å²) in [7, 11) is 0. The Kier molecular flexibility index (Phi) is 3.57. The Bertz CT molecular complexity index is 535. The molecular formula is C14H15BrN2. The molecule has 0 amide bonds. The van der Waals surface area contributed by atoms with Gasteiger partial charge in [-0.05, 0) is 52.0 Å². The molecule has 2 aromatic rings. The molecule has 1 aromatic carbocycles. The van der Waals surface area contributed by atoms with Crippen LogP contribution in [0.5, 0.6) is 0 Å². The van der Waals surface area contributed by atoms with E-state index in [-0.39, 0.29) is 0 Å². The van der Waals surface area contributed by atoms with Crippen LogP contribution < -0.4 is 0 Å². The molecule has 1 heterocycles. The first kappa shape index (κ1) is 12.2. The lowest BCUT2D eigenvalue weighted by Crippen LogP contribution is -1.93. The van der Waals surface area contributed by atoms with Gasteiger partial charge < -0.3 is 0 Å². The Hall–Kier alpha value is -1.22. The molecule has 0 saturated carbocycles. The summed E-state index contributed by atoms with van der Waals surface area (Å²) in [6.07, 6.45) is 1.77. The smallest absolute Gasteiger partial charge is 0.197 e. The number of nitrogens with zero attached hydrogens (tertiary/aromatic N) is 2. The second kappa shape index (κ2) is 4.96. The summed E-state index contributed by atoms with van der Waals surface area (Å²) in [5, 5.41) is 0. The molecule has 3 heteroatoms. The summed E-state index contributed by atoms with van der Waals surface area (Å²) in [6.45, 7) is 6.50. The molecule has 0 fully saturated rings. The van der Waals surface area contributed by atoms with Gasteiger partial charge in [-0.25, -0.2) is 9.97 Å². The quantitative estimate of drug-likeness (QED) is 0.769. The summed E-state index contributed by atoms with van der Waals surface area (Å²) in [5.74, 6) is 0.527. The summed E-state index contributed by atoms with van der Waals surface area (Å²) in [4.78, 5) is 8.47. The van der Waals surface area contributed by atoms with Crippen LogP contribution in [0.15, 0.2) is 35.2 Å². The number of hydrogen-bond donors (Lipinski definition) is 0. The average molecular weight is 291 g/mol. The Morgan fingerprint density at radius 3 is 2.59 bits per heavy atom. The fourth-order valence-electron chi connectivity index (χ4n) is 1.76. The van der Waals surface area contributed by atoms with Gasteiger partial charge in [-0.3, -0.25) is 0 Å². The average Bonchev–Trinajstić information content (AvgIpc) is 2.29. The predicted octanol–water partition coefficient (Wildman–Crippen LogP) is 4.34. The molecule has 0 unspecified atom stereocenters. The van der Waals surface area contributed by atoms with Crippen molar-refractivity contribution in [1.29, 1.82) is 0 Å². The van der Waals surface area contributed by atoms with Crippen molar-refractivity contribution in [3.63, 3.8) is 0 Å². The molecule has 0 aliphatic rings. The van der Waals surface area contributed by atoms with Crippen LogP contribution >= 0.6 is 15.9 Å². The van der Waals surface area contributed by atoms with E-state index in [1.807, 2.05) is 6.07 Å². The summed E-state index contributed by atoms with van der Waals surface area (Å²) in [6, 6.07) is 8.49. The van der Waals surface area contributed by atoms with E-state index < -0.39 is 0 Å². The molecule has 1 aromatic heterocycles. The minimum absolute atomic E-state index is 0.527. The number of rotatable bonds is 2. The van der Waals surface area contributed by atoms with Crippen LogP contribution in [0.1, 0.15) is 30.9 Å². The largest absolute Gasteiger partial charge is 0.231 e. The second-order valence-electron chi connectivity index (χ2n) is 4.44. The van der Waals surface area contributed by atoms with E-state index in [0.717, 1.165) is 5.69 Å². The number of hydrogen-bond acceptors (Lipinski definition) is 2. The van der Waals surface area contributed by atoms with Crippen LogP contribution in [-0.4, -0.2) is 9.97 Å². The van der Waals surface area contributed by atoms with Gasteiger partial charge in [-0.1, -0.05) is 26.0 Å². The van der Waals surface area contributed by atoms with Crippen molar-refractivity contribution in [2.45, 2.75) is 26.7 Å². The van der Waals surface area contributed by atoms with E-state index in [0.29, 0.717) is 10.7 Å². The van der Waals surface area contributed by atoms with Gasteiger partial charge in [0.2, 0.25) is 0 Å². The number of aromatic nitrogens is 2. The molecule has 0 atom stereocenters. The normalized spacial score (nSPS) is 10.9. The number of aryl methyl sites for hydroxylation is 1. The fourth-order valence-corrected chi connectivity index (χ4v) is 2.07. The van der Waals surface area contributed by atoms with Crippen molar-refractivity contribution in [3.05, 3.63) is 46.3 Å². The lowest BCUT2D eigenvalue weighted by Gasteiger charge is -2.10. The number of benzene rings is 1. The molecule has 0 saturated heterocycles. The van der Waals surface area contributed by atoms with Crippen LogP contribution in [0.3, 0.4) is 0 Å². The first-order valence-corrected chi connectivity index (χ1v) is 6.46. The lowest BCUT2D eigenvalue weighted by molar-refractivity contribution is 0.866. The Labute approximate surface area is 110 Å². The molecular weight excluding hydrogens is 276 g/mol. The number of halogens is 1. The topological polar surface area (TPSA) is 25.8 Å². The Morgan fingerprint density at radius 2 is 1.94 bits per heavy atom. The highest BCUT2D eigenvalue weighted by Crippen LogP contribution is 2.26. The zero-order valence-electron chi connectivity index (χ0n) is 10.2. The van der Waals surface area contributed by atoms with E-state index in [1.54, 1.807) is 6.20 Å². The molecule has 0 spiro atoms. The molecule has 88 valence electrons. The first-order valence-electron chi connectivity index (χ1n) is 5.67. The van der Waals surface area contributed by atoms with Crippen LogP contribution in [0, 0.1) is 6.92 Å². The first-order chi connectivity index (χ1) is 8.08. The zero-order chi connectivity index (χ0) is 12.4. The van der Waals surface area contributed by atoms with E-state index in [2.05, 4.69) is 64.9 Å². The SMILES string of the molecule is Cc1ccc(C(C)C)cc1-c1ccnc(Br)n1. The fraction of sp³-hybridized carbons (Fsp3) is 0.286. The minimum Gasteiger partial charge on any atom is -0.231 e. The molecule has 0 aliphatic heterocycles. The third-order valence-electron chi connectivity index (χ3n) is 2.83. The molecule has 2 nitrogen and oxygen atoms in total. The third-order valence-corrected chi connectivity index (χ3v) is 3.21. The summed E-state index contributed by atoms with van der Waals surface area (Å²) < 4.78 is 0.629. The highest BCUT2D eigenvalue weighted by atomic mass is 79.9. The highest BCUT2D eigenvalue weighted by Gasteiger charge is 2.07. The summed E-state index contributed by atoms with van der Waals surface area (Å²) in [5.41, 5.74) is 4.71. The van der Waals surface area contributed by atoms with Crippen molar-refractivity contribution in [3.8, 4) is 11.3 Å². The lowest BCUT2D eigenvalue weighted by atomic mass is 9.96. The van der Waals surface area contributed by atoms with Gasteiger partial charge in [0.25, 0.3) is 0 Å². The van der Waals surface area contributed by atoms with Crippen molar-refractivity contribution in [1.82, 2.24) is 9.97 Å². The molecule has 0 bridgehead atoms. The molecule has 0 aliphatic carbocycles. The van der Waals surface area contributed by atoms with Crippen LogP contribution in [0.2, 0.25) is 0 Å². The van der Waals surface area contributed by atoms with E-state index in [9.17, 15) is 0 Å². The van der Waals surface area contributed by atoms with Crippen molar-refractivity contribution in [2.75, 3.05) is 0 Å². The van der Waals surface area contributed by atoms with Gasteiger partial charge in [-0.15, -0.1) is 0 Å². The monoisotopic (exact) mass is 290 g/mol. The zero-order valence-corrected chi connectivity index (χ0v) is 11.8. The minimum atomic E-state index is 0.527. The van der Waals surface area contributed by atoms with Gasteiger partial charge in [0.15, 0.2) is 4.73 Å². The second-order valence-corrected chi connectivity index (χ2v) is 5.15. The maximum absolute atomic E-state index is 4.41. The van der Waals surface area contributed by atoms with Crippen LogP contribution in [0.25, 0.3) is 11.3 Å². The molecule has 0 N–H and O–H groups in total. The molecule has 0 radical (unpaired) electrons.